The van der Waals surface area contributed by atoms with E-state index >= 15 is 0 Å². The first kappa shape index (κ1) is 21.3. The van der Waals surface area contributed by atoms with Crippen LogP contribution >= 0.6 is 11.6 Å². The fraction of sp³-hybridized carbons (Fsp3) is 0.125. The Morgan fingerprint density at radius 3 is 2.10 bits per heavy atom. The fourth-order valence-electron chi connectivity index (χ4n) is 2.81. The van der Waals surface area contributed by atoms with E-state index in [-0.39, 0.29) is 18.6 Å². The molecule has 6 heteroatoms. The summed E-state index contributed by atoms with van der Waals surface area (Å²) < 4.78 is 4.93. The molecule has 0 heterocycles. The van der Waals surface area contributed by atoms with E-state index in [0.717, 1.165) is 11.1 Å². The Hall–Kier alpha value is -3.44. The van der Waals surface area contributed by atoms with Crippen LogP contribution < -0.4 is 5.32 Å². The van der Waals surface area contributed by atoms with Crippen molar-refractivity contribution in [2.24, 2.45) is 0 Å². The van der Waals surface area contributed by atoms with Gasteiger partial charge in [-0.15, -0.1) is 0 Å². The molecular formula is C24H20ClNO4. The zero-order chi connectivity index (χ0) is 21.3. The van der Waals surface area contributed by atoms with E-state index in [9.17, 15) is 14.4 Å². The first-order valence-electron chi connectivity index (χ1n) is 9.41. The Balaban J connectivity index is 1.43. The van der Waals surface area contributed by atoms with Crippen molar-refractivity contribution < 1.29 is 19.1 Å². The van der Waals surface area contributed by atoms with Crippen LogP contribution in [0.15, 0.2) is 78.9 Å². The van der Waals surface area contributed by atoms with Crippen molar-refractivity contribution >= 4 is 34.9 Å². The number of benzene rings is 3. The lowest BCUT2D eigenvalue weighted by Gasteiger charge is -2.08. The van der Waals surface area contributed by atoms with Gasteiger partial charge in [0.05, 0.1) is 17.1 Å². The first-order chi connectivity index (χ1) is 14.5. The van der Waals surface area contributed by atoms with Crippen LogP contribution in [0.2, 0.25) is 5.02 Å². The molecule has 0 fully saturated rings. The van der Waals surface area contributed by atoms with E-state index in [1.165, 1.54) is 0 Å². The predicted molar refractivity (Wildman–Crippen MR) is 116 cm³/mol. The zero-order valence-corrected chi connectivity index (χ0v) is 16.9. The molecule has 1 N–H and O–H groups in total. The summed E-state index contributed by atoms with van der Waals surface area (Å²) in [6.07, 6.45) is -0.0890. The number of halogens is 1. The number of Topliss-reactive ketones (excluding diaryl/α,β-unsaturated/α-hetero) is 1. The first-order valence-corrected chi connectivity index (χ1v) is 9.79. The number of para-hydroxylation sites is 1. The van der Waals surface area contributed by atoms with Gasteiger partial charge < -0.3 is 10.1 Å². The number of ether oxygens (including phenoxy) is 1. The van der Waals surface area contributed by atoms with Crippen LogP contribution in [0.25, 0.3) is 11.1 Å². The second-order valence-electron chi connectivity index (χ2n) is 6.56. The molecule has 1 amide bonds. The third-order valence-electron chi connectivity index (χ3n) is 4.38. The Labute approximate surface area is 179 Å². The number of amides is 1. The molecule has 0 bridgehead atoms. The normalized spacial score (nSPS) is 10.3. The molecule has 0 aliphatic carbocycles. The summed E-state index contributed by atoms with van der Waals surface area (Å²) in [5.74, 6) is -1.27. The SMILES string of the molecule is O=C(COC(=O)CCC(=O)c1ccc(-c2ccccc2)cc1)Nc1ccccc1Cl. The van der Waals surface area contributed by atoms with E-state index < -0.39 is 18.5 Å². The topological polar surface area (TPSA) is 72.5 Å². The molecule has 0 unspecified atom stereocenters. The number of hydrogen-bond acceptors (Lipinski definition) is 4. The highest BCUT2D eigenvalue weighted by Crippen LogP contribution is 2.21. The second kappa shape index (κ2) is 10.4. The molecule has 0 aliphatic heterocycles. The van der Waals surface area contributed by atoms with E-state index in [4.69, 9.17) is 16.3 Å². The molecule has 30 heavy (non-hydrogen) atoms. The molecule has 152 valence electrons. The number of rotatable bonds is 8. The lowest BCUT2D eigenvalue weighted by atomic mass is 10.0. The van der Waals surface area contributed by atoms with Crippen LogP contribution in [0.5, 0.6) is 0 Å². The van der Waals surface area contributed by atoms with Gasteiger partial charge >= 0.3 is 5.97 Å². The molecule has 0 aliphatic rings. The number of nitrogens with one attached hydrogen (secondary N) is 1. The van der Waals surface area contributed by atoms with E-state index in [1.807, 2.05) is 42.5 Å². The van der Waals surface area contributed by atoms with Crippen LogP contribution in [-0.4, -0.2) is 24.3 Å². The lowest BCUT2D eigenvalue weighted by Crippen LogP contribution is -2.21. The maximum Gasteiger partial charge on any atom is 0.306 e. The smallest absolute Gasteiger partial charge is 0.306 e. The fourth-order valence-corrected chi connectivity index (χ4v) is 2.99. The molecular weight excluding hydrogens is 402 g/mol. The van der Waals surface area contributed by atoms with Gasteiger partial charge in [-0.2, -0.15) is 0 Å². The molecule has 0 saturated heterocycles. The Morgan fingerprint density at radius 2 is 1.40 bits per heavy atom. The molecule has 0 atom stereocenters. The molecule has 3 aromatic rings. The van der Waals surface area contributed by atoms with Crippen molar-refractivity contribution in [3.05, 3.63) is 89.4 Å². The summed E-state index contributed by atoms with van der Waals surface area (Å²) in [7, 11) is 0. The van der Waals surface area contributed by atoms with Crippen molar-refractivity contribution in [2.45, 2.75) is 12.8 Å². The highest BCUT2D eigenvalue weighted by Gasteiger charge is 2.13. The van der Waals surface area contributed by atoms with Gasteiger partial charge in [0.25, 0.3) is 5.91 Å². The average molecular weight is 422 g/mol. The van der Waals surface area contributed by atoms with Crippen molar-refractivity contribution in [3.8, 4) is 11.1 Å². The molecule has 0 saturated carbocycles. The third-order valence-corrected chi connectivity index (χ3v) is 4.71. The van der Waals surface area contributed by atoms with Gasteiger partial charge in [0.15, 0.2) is 12.4 Å². The predicted octanol–water partition coefficient (Wildman–Crippen LogP) is 5.15. The quantitative estimate of drug-likeness (QED) is 0.403. The van der Waals surface area contributed by atoms with Gasteiger partial charge in [0.1, 0.15) is 0 Å². The van der Waals surface area contributed by atoms with Crippen LogP contribution in [-0.2, 0) is 14.3 Å². The summed E-state index contributed by atoms with van der Waals surface area (Å²) in [4.78, 5) is 36.0. The molecule has 3 rings (SSSR count). The second-order valence-corrected chi connectivity index (χ2v) is 6.96. The lowest BCUT2D eigenvalue weighted by molar-refractivity contribution is -0.147. The zero-order valence-electron chi connectivity index (χ0n) is 16.1. The minimum absolute atomic E-state index is 0.00957. The molecule has 0 aromatic heterocycles. The maximum atomic E-state index is 12.3. The van der Waals surface area contributed by atoms with E-state index in [0.29, 0.717) is 16.3 Å². The van der Waals surface area contributed by atoms with Crippen LogP contribution in [0.4, 0.5) is 5.69 Å². The summed E-state index contributed by atoms with van der Waals surface area (Å²) >= 11 is 5.96. The Morgan fingerprint density at radius 1 is 0.767 bits per heavy atom. The minimum Gasteiger partial charge on any atom is -0.456 e. The standard InChI is InChI=1S/C24H20ClNO4/c25-20-8-4-5-9-21(20)26-23(28)16-30-24(29)15-14-22(27)19-12-10-18(11-13-19)17-6-2-1-3-7-17/h1-13H,14-16H2,(H,26,28). The summed E-state index contributed by atoms with van der Waals surface area (Å²) in [6, 6.07) is 23.8. The van der Waals surface area contributed by atoms with E-state index in [1.54, 1.807) is 36.4 Å². The van der Waals surface area contributed by atoms with Gasteiger partial charge in [0.2, 0.25) is 0 Å². The van der Waals surface area contributed by atoms with Crippen molar-refractivity contribution in [1.82, 2.24) is 0 Å². The summed E-state index contributed by atoms with van der Waals surface area (Å²) in [5, 5.41) is 2.95. The van der Waals surface area contributed by atoms with Gasteiger partial charge in [0, 0.05) is 12.0 Å². The average Bonchev–Trinajstić information content (AvgIpc) is 2.78. The van der Waals surface area contributed by atoms with Gasteiger partial charge in [-0.25, -0.2) is 0 Å². The number of ketones is 1. The highest BCUT2D eigenvalue weighted by molar-refractivity contribution is 6.33. The number of esters is 1. The van der Waals surface area contributed by atoms with Gasteiger partial charge in [-0.05, 0) is 23.3 Å². The number of anilines is 1. The number of carbonyl (C=O) groups excluding carboxylic acids is 3. The van der Waals surface area contributed by atoms with Crippen LogP contribution in [0, 0.1) is 0 Å². The molecule has 3 aromatic carbocycles. The Bertz CT molecular complexity index is 1030. The van der Waals surface area contributed by atoms with Crippen molar-refractivity contribution in [1.29, 1.82) is 0 Å². The van der Waals surface area contributed by atoms with E-state index in [2.05, 4.69) is 5.32 Å². The summed E-state index contributed by atoms with van der Waals surface area (Å²) in [6.45, 7) is -0.440. The monoisotopic (exact) mass is 421 g/mol. The maximum absolute atomic E-state index is 12.3. The van der Waals surface area contributed by atoms with Crippen LogP contribution in [0.1, 0.15) is 23.2 Å². The van der Waals surface area contributed by atoms with Gasteiger partial charge in [-0.1, -0.05) is 78.3 Å². The van der Waals surface area contributed by atoms with Crippen molar-refractivity contribution in [3.63, 3.8) is 0 Å². The van der Waals surface area contributed by atoms with Gasteiger partial charge in [-0.3, -0.25) is 14.4 Å². The van der Waals surface area contributed by atoms with Crippen LogP contribution in [0.3, 0.4) is 0 Å². The number of hydrogen-bond donors (Lipinski definition) is 1. The van der Waals surface area contributed by atoms with Crippen molar-refractivity contribution in [2.75, 3.05) is 11.9 Å². The largest absolute Gasteiger partial charge is 0.456 e. The Kier molecular flexibility index (Phi) is 7.35. The summed E-state index contributed by atoms with van der Waals surface area (Å²) in [5.41, 5.74) is 3.04. The molecule has 5 nitrogen and oxygen atoms in total. The number of carbonyl (C=O) groups is 3. The highest BCUT2D eigenvalue weighted by atomic mass is 35.5. The minimum atomic E-state index is -0.612. The molecule has 0 radical (unpaired) electrons. The molecule has 0 spiro atoms. The third kappa shape index (κ3) is 6.03.